The zero-order chi connectivity index (χ0) is 20.7. The number of hydrazine groups is 1. The standard InChI is InChI=1S/C18H21N3O6S/c1-4-19-28(24,25)14-7-5-6-12(10-14)17(22)20-21-18(23)13-8-9-15(26-2)16(11-13)27-3/h5-11,19H,4H2,1-3H3,(H,20,22)(H,21,23). The second kappa shape index (κ2) is 9.20. The van der Waals surface area contributed by atoms with E-state index in [4.69, 9.17) is 9.47 Å². The van der Waals surface area contributed by atoms with Crippen molar-refractivity contribution in [3.63, 3.8) is 0 Å². The van der Waals surface area contributed by atoms with E-state index in [1.807, 2.05) is 0 Å². The first-order valence-electron chi connectivity index (χ1n) is 8.24. The van der Waals surface area contributed by atoms with Gasteiger partial charge in [-0.05, 0) is 36.4 Å². The van der Waals surface area contributed by atoms with E-state index >= 15 is 0 Å². The number of nitrogens with one attached hydrogen (secondary N) is 3. The molecule has 0 aliphatic rings. The summed E-state index contributed by atoms with van der Waals surface area (Å²) >= 11 is 0. The molecule has 0 bridgehead atoms. The van der Waals surface area contributed by atoms with Crippen molar-refractivity contribution in [3.05, 3.63) is 53.6 Å². The maximum atomic E-state index is 12.3. The Morgan fingerprint density at radius 1 is 0.893 bits per heavy atom. The first kappa shape index (κ1) is 21.2. The van der Waals surface area contributed by atoms with Crippen molar-refractivity contribution < 1.29 is 27.5 Å². The number of methoxy groups -OCH3 is 2. The van der Waals surface area contributed by atoms with Crippen LogP contribution in [0.1, 0.15) is 27.6 Å². The van der Waals surface area contributed by atoms with Crippen molar-refractivity contribution in [1.82, 2.24) is 15.6 Å². The van der Waals surface area contributed by atoms with Gasteiger partial charge in [-0.2, -0.15) is 0 Å². The number of rotatable bonds is 7. The Kier molecular flexibility index (Phi) is 6.96. The largest absolute Gasteiger partial charge is 0.493 e. The molecule has 2 aromatic rings. The first-order chi connectivity index (χ1) is 13.3. The van der Waals surface area contributed by atoms with Crippen LogP contribution in [0.4, 0.5) is 0 Å². The van der Waals surface area contributed by atoms with Crippen molar-refractivity contribution in [2.24, 2.45) is 0 Å². The fraction of sp³-hybridized carbons (Fsp3) is 0.222. The zero-order valence-corrected chi connectivity index (χ0v) is 16.4. The maximum Gasteiger partial charge on any atom is 0.269 e. The molecule has 0 radical (unpaired) electrons. The molecule has 0 saturated heterocycles. The molecular formula is C18H21N3O6S. The summed E-state index contributed by atoms with van der Waals surface area (Å²) in [6.45, 7) is 1.87. The van der Waals surface area contributed by atoms with Gasteiger partial charge in [-0.15, -0.1) is 0 Å². The lowest BCUT2D eigenvalue weighted by Crippen LogP contribution is -2.41. The van der Waals surface area contributed by atoms with Gasteiger partial charge in [0.1, 0.15) is 0 Å². The quantitative estimate of drug-likeness (QED) is 0.590. The van der Waals surface area contributed by atoms with Crippen LogP contribution >= 0.6 is 0 Å². The van der Waals surface area contributed by atoms with Gasteiger partial charge in [-0.25, -0.2) is 13.1 Å². The van der Waals surface area contributed by atoms with Crippen molar-refractivity contribution in [3.8, 4) is 11.5 Å². The topological polar surface area (TPSA) is 123 Å². The summed E-state index contributed by atoms with van der Waals surface area (Å²) in [4.78, 5) is 24.4. The van der Waals surface area contributed by atoms with Crippen LogP contribution in [0.3, 0.4) is 0 Å². The molecule has 0 saturated carbocycles. The highest BCUT2D eigenvalue weighted by Gasteiger charge is 2.16. The summed E-state index contributed by atoms with van der Waals surface area (Å²) < 4.78 is 36.7. The fourth-order valence-corrected chi connectivity index (χ4v) is 3.40. The van der Waals surface area contributed by atoms with Gasteiger partial charge in [0.25, 0.3) is 11.8 Å². The number of hydrogen-bond donors (Lipinski definition) is 3. The molecule has 0 aliphatic heterocycles. The number of carbonyl (C=O) groups excluding carboxylic acids is 2. The fourth-order valence-electron chi connectivity index (χ4n) is 2.31. The van der Waals surface area contributed by atoms with Crippen LogP contribution in [0.5, 0.6) is 11.5 Å². The third-order valence-corrected chi connectivity index (χ3v) is 5.22. The number of hydrogen-bond acceptors (Lipinski definition) is 6. The summed E-state index contributed by atoms with van der Waals surface area (Å²) in [5, 5.41) is 0. The van der Waals surface area contributed by atoms with E-state index in [1.54, 1.807) is 13.0 Å². The lowest BCUT2D eigenvalue weighted by molar-refractivity contribution is 0.0846. The SMILES string of the molecule is CCNS(=O)(=O)c1cccc(C(=O)NNC(=O)c2ccc(OC)c(OC)c2)c1. The minimum atomic E-state index is -3.70. The molecule has 0 fully saturated rings. The number of amides is 2. The number of carbonyl (C=O) groups is 2. The summed E-state index contributed by atoms with van der Waals surface area (Å²) in [7, 11) is -0.783. The zero-order valence-electron chi connectivity index (χ0n) is 15.6. The van der Waals surface area contributed by atoms with Gasteiger partial charge in [0.15, 0.2) is 11.5 Å². The highest BCUT2D eigenvalue weighted by Crippen LogP contribution is 2.27. The normalized spacial score (nSPS) is 10.8. The van der Waals surface area contributed by atoms with Gasteiger partial charge in [0, 0.05) is 17.7 Å². The summed E-state index contributed by atoms with van der Waals surface area (Å²) in [5.41, 5.74) is 4.83. The predicted molar refractivity (Wildman–Crippen MR) is 102 cm³/mol. The minimum Gasteiger partial charge on any atom is -0.493 e. The van der Waals surface area contributed by atoms with Crippen molar-refractivity contribution in [2.75, 3.05) is 20.8 Å². The van der Waals surface area contributed by atoms with Gasteiger partial charge in [0.2, 0.25) is 10.0 Å². The molecule has 150 valence electrons. The number of ether oxygens (including phenoxy) is 2. The highest BCUT2D eigenvalue weighted by atomic mass is 32.2. The van der Waals surface area contributed by atoms with E-state index in [1.165, 1.54) is 50.6 Å². The monoisotopic (exact) mass is 407 g/mol. The van der Waals surface area contributed by atoms with Crippen LogP contribution in [-0.2, 0) is 10.0 Å². The van der Waals surface area contributed by atoms with Gasteiger partial charge in [0.05, 0.1) is 19.1 Å². The Balaban J connectivity index is 2.09. The summed E-state index contributed by atoms with van der Waals surface area (Å²) in [6, 6.07) is 9.99. The molecule has 28 heavy (non-hydrogen) atoms. The van der Waals surface area contributed by atoms with Crippen LogP contribution in [0.2, 0.25) is 0 Å². The van der Waals surface area contributed by atoms with Gasteiger partial charge >= 0.3 is 0 Å². The van der Waals surface area contributed by atoms with Crippen molar-refractivity contribution in [1.29, 1.82) is 0 Å². The van der Waals surface area contributed by atoms with E-state index in [-0.39, 0.29) is 22.6 Å². The predicted octanol–water partition coefficient (Wildman–Crippen LogP) is 1.08. The Hall–Kier alpha value is -3.11. The molecule has 3 N–H and O–H groups in total. The van der Waals surface area contributed by atoms with Crippen LogP contribution < -0.4 is 25.0 Å². The van der Waals surface area contributed by atoms with Gasteiger partial charge in [-0.3, -0.25) is 20.4 Å². The van der Waals surface area contributed by atoms with Gasteiger partial charge < -0.3 is 9.47 Å². The van der Waals surface area contributed by atoms with E-state index in [9.17, 15) is 18.0 Å². The second-order valence-corrected chi connectivity index (χ2v) is 7.27. The average molecular weight is 407 g/mol. The van der Waals surface area contributed by atoms with E-state index in [2.05, 4.69) is 15.6 Å². The smallest absolute Gasteiger partial charge is 0.269 e. The third kappa shape index (κ3) is 4.99. The molecule has 0 heterocycles. The molecule has 2 rings (SSSR count). The van der Waals surface area contributed by atoms with Crippen LogP contribution in [0.15, 0.2) is 47.4 Å². The Morgan fingerprint density at radius 2 is 1.50 bits per heavy atom. The van der Waals surface area contributed by atoms with E-state index in [0.717, 1.165) is 0 Å². The van der Waals surface area contributed by atoms with Crippen molar-refractivity contribution >= 4 is 21.8 Å². The molecule has 2 amide bonds. The molecule has 10 heteroatoms. The first-order valence-corrected chi connectivity index (χ1v) is 9.73. The van der Waals surface area contributed by atoms with E-state index in [0.29, 0.717) is 11.5 Å². The minimum absolute atomic E-state index is 0.0479. The van der Waals surface area contributed by atoms with Crippen LogP contribution in [0, 0.1) is 0 Å². The molecule has 0 aliphatic carbocycles. The Labute approximate surface area is 163 Å². The molecule has 0 aromatic heterocycles. The number of sulfonamides is 1. The molecule has 0 atom stereocenters. The van der Waals surface area contributed by atoms with Crippen molar-refractivity contribution in [2.45, 2.75) is 11.8 Å². The molecule has 2 aromatic carbocycles. The summed E-state index contributed by atoms with van der Waals surface area (Å²) in [5.74, 6) is -0.419. The maximum absolute atomic E-state index is 12.3. The third-order valence-electron chi connectivity index (χ3n) is 3.68. The summed E-state index contributed by atoms with van der Waals surface area (Å²) in [6.07, 6.45) is 0. The Bertz CT molecular complexity index is 975. The lowest BCUT2D eigenvalue weighted by atomic mass is 10.2. The second-order valence-electron chi connectivity index (χ2n) is 5.51. The molecule has 0 spiro atoms. The van der Waals surface area contributed by atoms with Crippen LogP contribution in [-0.4, -0.2) is 41.0 Å². The molecular weight excluding hydrogens is 386 g/mol. The molecule has 9 nitrogen and oxygen atoms in total. The molecule has 0 unspecified atom stereocenters. The van der Waals surface area contributed by atoms with E-state index < -0.39 is 21.8 Å². The Morgan fingerprint density at radius 3 is 2.07 bits per heavy atom. The van der Waals surface area contributed by atoms with Crippen LogP contribution in [0.25, 0.3) is 0 Å². The van der Waals surface area contributed by atoms with Gasteiger partial charge in [-0.1, -0.05) is 13.0 Å². The average Bonchev–Trinajstić information content (AvgIpc) is 2.71. The lowest BCUT2D eigenvalue weighted by Gasteiger charge is -2.11. The highest BCUT2D eigenvalue weighted by molar-refractivity contribution is 7.89. The number of benzene rings is 2.